The average molecular weight is 256 g/mol. The van der Waals surface area contributed by atoms with E-state index in [0.29, 0.717) is 6.42 Å². The molecule has 1 aliphatic heterocycles. The summed E-state index contributed by atoms with van der Waals surface area (Å²) in [6, 6.07) is 8.08. The van der Waals surface area contributed by atoms with Gasteiger partial charge in [-0.2, -0.15) is 0 Å². The summed E-state index contributed by atoms with van der Waals surface area (Å²) in [6.07, 6.45) is 1.29. The van der Waals surface area contributed by atoms with Crippen LogP contribution in [0.15, 0.2) is 28.8 Å². The second-order valence-corrected chi connectivity index (χ2v) is 4.90. The summed E-state index contributed by atoms with van der Waals surface area (Å²) in [5, 5.41) is 3.89. The smallest absolute Gasteiger partial charge is 0.231 e. The fourth-order valence-electron chi connectivity index (χ4n) is 2.60. The third kappa shape index (κ3) is 2.03. The first-order valence-electron chi connectivity index (χ1n) is 6.47. The van der Waals surface area contributed by atoms with Crippen LogP contribution < -0.4 is 4.90 Å². The van der Waals surface area contributed by atoms with Crippen LogP contribution >= 0.6 is 0 Å². The maximum absolute atomic E-state index is 12.4. The van der Waals surface area contributed by atoms with Crippen molar-refractivity contribution in [3.8, 4) is 0 Å². The fraction of sp³-hybridized carbons (Fsp3) is 0.333. The van der Waals surface area contributed by atoms with Gasteiger partial charge in [-0.15, -0.1) is 0 Å². The highest BCUT2D eigenvalue weighted by Gasteiger charge is 2.25. The average Bonchev–Trinajstić information content (AvgIpc) is 2.97. The van der Waals surface area contributed by atoms with Crippen LogP contribution in [0.3, 0.4) is 0 Å². The third-order valence-electron chi connectivity index (χ3n) is 3.70. The number of amides is 1. The van der Waals surface area contributed by atoms with E-state index in [-0.39, 0.29) is 5.91 Å². The van der Waals surface area contributed by atoms with Gasteiger partial charge in [-0.1, -0.05) is 23.4 Å². The van der Waals surface area contributed by atoms with Crippen molar-refractivity contribution in [1.29, 1.82) is 0 Å². The molecule has 0 N–H and O–H groups in total. The number of carbonyl (C=O) groups is 1. The van der Waals surface area contributed by atoms with Gasteiger partial charge < -0.3 is 9.42 Å². The summed E-state index contributed by atoms with van der Waals surface area (Å²) in [5.74, 6) is 0.845. The quantitative estimate of drug-likeness (QED) is 0.829. The van der Waals surface area contributed by atoms with Crippen LogP contribution in [0.2, 0.25) is 0 Å². The molecule has 0 spiro atoms. The first-order valence-corrected chi connectivity index (χ1v) is 6.47. The maximum Gasteiger partial charge on any atom is 0.231 e. The molecule has 98 valence electrons. The molecule has 1 aromatic carbocycles. The predicted molar refractivity (Wildman–Crippen MR) is 72.2 cm³/mol. The second kappa shape index (κ2) is 4.53. The SMILES string of the molecule is Cc1noc(C)c1CC(=O)N1CCc2ccccc21. The molecule has 0 unspecified atom stereocenters. The summed E-state index contributed by atoms with van der Waals surface area (Å²) in [4.78, 5) is 14.3. The molecule has 2 heterocycles. The van der Waals surface area contributed by atoms with Gasteiger partial charge in [-0.05, 0) is 31.9 Å². The second-order valence-electron chi connectivity index (χ2n) is 4.90. The molecule has 4 nitrogen and oxygen atoms in total. The predicted octanol–water partition coefficient (Wildman–Crippen LogP) is 2.42. The molecule has 0 aliphatic carbocycles. The van der Waals surface area contributed by atoms with E-state index in [2.05, 4.69) is 11.2 Å². The molecule has 0 atom stereocenters. The molecular weight excluding hydrogens is 240 g/mol. The highest BCUT2D eigenvalue weighted by molar-refractivity contribution is 5.96. The molecule has 0 bridgehead atoms. The Morgan fingerprint density at radius 1 is 1.37 bits per heavy atom. The maximum atomic E-state index is 12.4. The van der Waals surface area contributed by atoms with Crippen molar-refractivity contribution in [2.45, 2.75) is 26.7 Å². The zero-order chi connectivity index (χ0) is 13.4. The van der Waals surface area contributed by atoms with Crippen molar-refractivity contribution >= 4 is 11.6 Å². The lowest BCUT2D eigenvalue weighted by Crippen LogP contribution is -2.30. The molecule has 1 aliphatic rings. The molecule has 19 heavy (non-hydrogen) atoms. The Hall–Kier alpha value is -2.10. The van der Waals surface area contributed by atoms with Crippen LogP contribution in [0.5, 0.6) is 0 Å². The Labute approximate surface area is 112 Å². The van der Waals surface area contributed by atoms with Gasteiger partial charge in [0.15, 0.2) is 0 Å². The number of benzene rings is 1. The first-order chi connectivity index (χ1) is 9.16. The van der Waals surface area contributed by atoms with E-state index < -0.39 is 0 Å². The topological polar surface area (TPSA) is 46.3 Å². The van der Waals surface area contributed by atoms with Gasteiger partial charge in [0.25, 0.3) is 0 Å². The van der Waals surface area contributed by atoms with Crippen molar-refractivity contribution < 1.29 is 9.32 Å². The molecule has 0 saturated carbocycles. The van der Waals surface area contributed by atoms with Crippen LogP contribution in [-0.2, 0) is 17.6 Å². The summed E-state index contributed by atoms with van der Waals surface area (Å²) in [7, 11) is 0. The normalized spacial score (nSPS) is 13.7. The van der Waals surface area contributed by atoms with Gasteiger partial charge >= 0.3 is 0 Å². The third-order valence-corrected chi connectivity index (χ3v) is 3.70. The van der Waals surface area contributed by atoms with E-state index in [9.17, 15) is 4.79 Å². The van der Waals surface area contributed by atoms with Crippen LogP contribution in [-0.4, -0.2) is 17.6 Å². The largest absolute Gasteiger partial charge is 0.361 e. The molecule has 4 heteroatoms. The molecule has 0 fully saturated rings. The minimum absolute atomic E-state index is 0.111. The van der Waals surface area contributed by atoms with E-state index in [1.165, 1.54) is 5.56 Å². The van der Waals surface area contributed by atoms with Gasteiger partial charge in [-0.3, -0.25) is 4.79 Å². The van der Waals surface area contributed by atoms with Crippen molar-refractivity contribution in [3.63, 3.8) is 0 Å². The van der Waals surface area contributed by atoms with Crippen molar-refractivity contribution in [2.75, 3.05) is 11.4 Å². The number of nitrogens with zero attached hydrogens (tertiary/aromatic N) is 2. The van der Waals surface area contributed by atoms with Gasteiger partial charge in [-0.25, -0.2) is 0 Å². The summed E-state index contributed by atoms with van der Waals surface area (Å²) in [6.45, 7) is 4.49. The van der Waals surface area contributed by atoms with E-state index >= 15 is 0 Å². The van der Waals surface area contributed by atoms with E-state index in [1.807, 2.05) is 36.9 Å². The number of rotatable bonds is 2. The van der Waals surface area contributed by atoms with Crippen LogP contribution in [0.1, 0.15) is 22.6 Å². The molecule has 3 rings (SSSR count). The van der Waals surface area contributed by atoms with Crippen molar-refractivity contribution in [1.82, 2.24) is 5.16 Å². The summed E-state index contributed by atoms with van der Waals surface area (Å²) < 4.78 is 5.11. The molecular formula is C15H16N2O2. The number of aryl methyl sites for hydroxylation is 2. The molecule has 1 amide bonds. The summed E-state index contributed by atoms with van der Waals surface area (Å²) >= 11 is 0. The minimum Gasteiger partial charge on any atom is -0.361 e. The standard InChI is InChI=1S/C15H16N2O2/c1-10-13(11(2)19-16-10)9-15(18)17-8-7-12-5-3-4-6-14(12)17/h3-6H,7-9H2,1-2H3. The number of hydrogen-bond acceptors (Lipinski definition) is 3. The Bertz CT molecular complexity index is 611. The lowest BCUT2D eigenvalue weighted by atomic mass is 10.1. The van der Waals surface area contributed by atoms with Crippen LogP contribution in [0.25, 0.3) is 0 Å². The zero-order valence-electron chi connectivity index (χ0n) is 11.1. The molecule has 1 aromatic heterocycles. The van der Waals surface area contributed by atoms with Gasteiger partial charge in [0.2, 0.25) is 5.91 Å². The molecule has 0 saturated heterocycles. The number of fused-ring (bicyclic) bond motifs is 1. The number of para-hydroxylation sites is 1. The lowest BCUT2D eigenvalue weighted by Gasteiger charge is -2.17. The van der Waals surface area contributed by atoms with Crippen molar-refractivity contribution in [3.05, 3.63) is 46.8 Å². The van der Waals surface area contributed by atoms with Gasteiger partial charge in [0.1, 0.15) is 5.76 Å². The fourth-order valence-corrected chi connectivity index (χ4v) is 2.60. The summed E-state index contributed by atoms with van der Waals surface area (Å²) in [5.41, 5.74) is 4.00. The highest BCUT2D eigenvalue weighted by atomic mass is 16.5. The first kappa shape index (κ1) is 12.0. The molecule has 0 radical (unpaired) electrons. The van der Waals surface area contributed by atoms with Crippen LogP contribution in [0.4, 0.5) is 5.69 Å². The Morgan fingerprint density at radius 2 is 2.16 bits per heavy atom. The monoisotopic (exact) mass is 256 g/mol. The van der Waals surface area contributed by atoms with E-state index in [4.69, 9.17) is 4.52 Å². The number of aromatic nitrogens is 1. The Morgan fingerprint density at radius 3 is 2.89 bits per heavy atom. The lowest BCUT2D eigenvalue weighted by molar-refractivity contribution is -0.117. The van der Waals surface area contributed by atoms with Gasteiger partial charge in [0, 0.05) is 17.8 Å². The van der Waals surface area contributed by atoms with Gasteiger partial charge in [0.05, 0.1) is 12.1 Å². The van der Waals surface area contributed by atoms with E-state index in [0.717, 1.165) is 35.7 Å². The Balaban J connectivity index is 1.83. The zero-order valence-corrected chi connectivity index (χ0v) is 11.1. The molecule has 2 aromatic rings. The highest BCUT2D eigenvalue weighted by Crippen LogP contribution is 2.28. The number of anilines is 1. The minimum atomic E-state index is 0.111. The van der Waals surface area contributed by atoms with E-state index in [1.54, 1.807) is 0 Å². The van der Waals surface area contributed by atoms with Crippen LogP contribution in [0, 0.1) is 13.8 Å². The number of carbonyl (C=O) groups excluding carboxylic acids is 1. The Kier molecular flexibility index (Phi) is 2.85. The van der Waals surface area contributed by atoms with Crippen molar-refractivity contribution in [2.24, 2.45) is 0 Å². The number of hydrogen-bond donors (Lipinski definition) is 0.